The van der Waals surface area contributed by atoms with Crippen molar-refractivity contribution in [1.29, 1.82) is 0 Å². The number of hydrogen-bond acceptors (Lipinski definition) is 5. The van der Waals surface area contributed by atoms with E-state index in [9.17, 15) is 13.2 Å². The van der Waals surface area contributed by atoms with Gasteiger partial charge in [-0.05, 0) is 31.0 Å². The van der Waals surface area contributed by atoms with Crippen molar-refractivity contribution < 1.29 is 22.7 Å². The lowest BCUT2D eigenvalue weighted by Crippen LogP contribution is -2.46. The molecule has 1 heterocycles. The first-order valence-corrected chi connectivity index (χ1v) is 10.0. The molecule has 0 aromatic heterocycles. The number of methoxy groups -OCH3 is 1. The van der Waals surface area contributed by atoms with Crippen molar-refractivity contribution in [3.05, 3.63) is 29.8 Å². The Morgan fingerprint density at radius 2 is 2.08 bits per heavy atom. The van der Waals surface area contributed by atoms with Crippen LogP contribution in [-0.4, -0.2) is 63.8 Å². The molecular formula is C17H26N2O5S. The fourth-order valence-corrected chi connectivity index (χ4v) is 4.03. The van der Waals surface area contributed by atoms with Crippen LogP contribution in [0.25, 0.3) is 0 Å². The Hall–Kier alpha value is -1.64. The topological polar surface area (TPSA) is 84.9 Å². The van der Waals surface area contributed by atoms with Crippen LogP contribution in [0.4, 0.5) is 0 Å². The molecular weight excluding hydrogens is 344 g/mol. The average Bonchev–Trinajstić information content (AvgIpc) is 2.60. The van der Waals surface area contributed by atoms with Gasteiger partial charge in [0.15, 0.2) is 0 Å². The van der Waals surface area contributed by atoms with Crippen LogP contribution in [0.1, 0.15) is 18.9 Å². The quantitative estimate of drug-likeness (QED) is 0.731. The summed E-state index contributed by atoms with van der Waals surface area (Å²) < 4.78 is 36.4. The lowest BCUT2D eigenvalue weighted by Gasteiger charge is -2.30. The van der Waals surface area contributed by atoms with E-state index in [1.165, 1.54) is 4.31 Å². The minimum Gasteiger partial charge on any atom is -0.497 e. The number of benzene rings is 1. The number of morpholine rings is 1. The van der Waals surface area contributed by atoms with E-state index in [2.05, 4.69) is 5.32 Å². The molecule has 1 N–H and O–H groups in total. The van der Waals surface area contributed by atoms with Crippen molar-refractivity contribution in [1.82, 2.24) is 9.62 Å². The summed E-state index contributed by atoms with van der Waals surface area (Å²) in [5, 5.41) is 2.68. The Balaban J connectivity index is 1.70. The van der Waals surface area contributed by atoms with Crippen molar-refractivity contribution in [2.24, 2.45) is 0 Å². The molecule has 0 saturated carbocycles. The van der Waals surface area contributed by atoms with E-state index >= 15 is 0 Å². The first kappa shape index (κ1) is 19.7. The predicted molar refractivity (Wildman–Crippen MR) is 95.1 cm³/mol. The first-order valence-electron chi connectivity index (χ1n) is 8.40. The number of carbonyl (C=O) groups excluding carboxylic acids is 1. The number of hydrogen-bond donors (Lipinski definition) is 1. The van der Waals surface area contributed by atoms with Gasteiger partial charge in [-0.25, -0.2) is 8.42 Å². The molecule has 1 aromatic carbocycles. The maximum absolute atomic E-state index is 12.3. The van der Waals surface area contributed by atoms with Gasteiger partial charge in [-0.3, -0.25) is 4.79 Å². The van der Waals surface area contributed by atoms with E-state index in [-0.39, 0.29) is 24.3 Å². The second kappa shape index (κ2) is 9.17. The molecule has 0 aliphatic carbocycles. The zero-order valence-corrected chi connectivity index (χ0v) is 15.5. The lowest BCUT2D eigenvalue weighted by molar-refractivity contribution is -0.120. The fourth-order valence-electron chi connectivity index (χ4n) is 2.63. The third-order valence-electron chi connectivity index (χ3n) is 4.08. The summed E-state index contributed by atoms with van der Waals surface area (Å²) in [4.78, 5) is 11.9. The van der Waals surface area contributed by atoms with Gasteiger partial charge in [0.1, 0.15) is 5.75 Å². The molecule has 1 aromatic rings. The molecule has 1 atom stereocenters. The Morgan fingerprint density at radius 1 is 1.36 bits per heavy atom. The van der Waals surface area contributed by atoms with Crippen LogP contribution in [-0.2, 0) is 26.0 Å². The van der Waals surface area contributed by atoms with E-state index < -0.39 is 10.0 Å². The molecule has 1 saturated heterocycles. The summed E-state index contributed by atoms with van der Waals surface area (Å²) in [5.41, 5.74) is 1.03. The van der Waals surface area contributed by atoms with Gasteiger partial charge in [0.05, 0.1) is 25.6 Å². The van der Waals surface area contributed by atoms with E-state index in [4.69, 9.17) is 9.47 Å². The summed E-state index contributed by atoms with van der Waals surface area (Å²) in [6.45, 7) is 3.12. The molecule has 2 rings (SSSR count). The zero-order chi connectivity index (χ0) is 18.3. The number of amides is 1. The van der Waals surface area contributed by atoms with Gasteiger partial charge < -0.3 is 14.8 Å². The van der Waals surface area contributed by atoms with Crippen LogP contribution in [0, 0.1) is 0 Å². The highest BCUT2D eigenvalue weighted by Crippen LogP contribution is 2.12. The molecule has 1 unspecified atom stereocenters. The van der Waals surface area contributed by atoms with Gasteiger partial charge in [-0.15, -0.1) is 0 Å². The molecule has 140 valence electrons. The van der Waals surface area contributed by atoms with Gasteiger partial charge in [0.2, 0.25) is 15.9 Å². The highest BCUT2D eigenvalue weighted by atomic mass is 32.2. The van der Waals surface area contributed by atoms with Crippen molar-refractivity contribution in [3.8, 4) is 5.75 Å². The second-order valence-corrected chi connectivity index (χ2v) is 8.14. The Labute approximate surface area is 149 Å². The van der Waals surface area contributed by atoms with Crippen molar-refractivity contribution in [2.45, 2.75) is 25.9 Å². The van der Waals surface area contributed by atoms with E-state index in [0.29, 0.717) is 32.5 Å². The minimum absolute atomic E-state index is 0.0893. The zero-order valence-electron chi connectivity index (χ0n) is 14.7. The monoisotopic (exact) mass is 370 g/mol. The summed E-state index contributed by atoms with van der Waals surface area (Å²) >= 11 is 0. The Kier molecular flexibility index (Phi) is 7.22. The molecule has 0 bridgehead atoms. The van der Waals surface area contributed by atoms with Crippen LogP contribution >= 0.6 is 0 Å². The number of rotatable bonds is 8. The molecule has 7 nitrogen and oxygen atoms in total. The van der Waals surface area contributed by atoms with Crippen molar-refractivity contribution in [3.63, 3.8) is 0 Å². The van der Waals surface area contributed by atoms with Crippen LogP contribution in [0.2, 0.25) is 0 Å². The van der Waals surface area contributed by atoms with E-state index in [0.717, 1.165) is 11.3 Å². The molecule has 0 radical (unpaired) electrons. The second-order valence-electron chi connectivity index (χ2n) is 6.05. The summed E-state index contributed by atoms with van der Waals surface area (Å²) in [7, 11) is -1.76. The molecule has 1 fully saturated rings. The van der Waals surface area contributed by atoms with Crippen LogP contribution in [0.3, 0.4) is 0 Å². The smallest absolute Gasteiger partial charge is 0.220 e. The molecule has 1 amide bonds. The van der Waals surface area contributed by atoms with Gasteiger partial charge in [0, 0.05) is 26.1 Å². The normalized spacial score (nSPS) is 18.7. The number of nitrogens with one attached hydrogen (secondary N) is 1. The number of carbonyl (C=O) groups is 1. The third kappa shape index (κ3) is 6.30. The molecule has 1 aliphatic rings. The lowest BCUT2D eigenvalue weighted by atomic mass is 10.1. The largest absolute Gasteiger partial charge is 0.497 e. The maximum atomic E-state index is 12.3. The van der Waals surface area contributed by atoms with E-state index in [1.807, 2.05) is 31.2 Å². The van der Waals surface area contributed by atoms with Crippen LogP contribution in [0.15, 0.2) is 24.3 Å². The SMILES string of the molecule is COc1ccc(CCC(=O)NCCS(=O)(=O)N2CCOC(C)C2)cc1. The third-order valence-corrected chi connectivity index (χ3v) is 5.92. The van der Waals surface area contributed by atoms with Gasteiger partial charge in [-0.2, -0.15) is 4.31 Å². The highest BCUT2D eigenvalue weighted by molar-refractivity contribution is 7.89. The summed E-state index contributed by atoms with van der Waals surface area (Å²) in [5.74, 6) is 0.533. The van der Waals surface area contributed by atoms with Gasteiger partial charge in [0.25, 0.3) is 0 Å². The molecule has 8 heteroatoms. The molecule has 25 heavy (non-hydrogen) atoms. The first-order chi connectivity index (χ1) is 11.9. The number of nitrogens with zero attached hydrogens (tertiary/aromatic N) is 1. The molecule has 0 spiro atoms. The van der Waals surface area contributed by atoms with Crippen molar-refractivity contribution >= 4 is 15.9 Å². The predicted octanol–water partition coefficient (Wildman–Crippen LogP) is 0.795. The van der Waals surface area contributed by atoms with E-state index in [1.54, 1.807) is 7.11 Å². The Bertz CT molecular complexity index is 660. The van der Waals surface area contributed by atoms with Crippen LogP contribution < -0.4 is 10.1 Å². The maximum Gasteiger partial charge on any atom is 0.220 e. The molecule has 1 aliphatic heterocycles. The van der Waals surface area contributed by atoms with Crippen molar-refractivity contribution in [2.75, 3.05) is 39.1 Å². The Morgan fingerprint density at radius 3 is 2.72 bits per heavy atom. The van der Waals surface area contributed by atoms with Gasteiger partial charge in [-0.1, -0.05) is 12.1 Å². The number of ether oxygens (including phenoxy) is 2. The number of sulfonamides is 1. The van der Waals surface area contributed by atoms with Gasteiger partial charge >= 0.3 is 0 Å². The average molecular weight is 370 g/mol. The summed E-state index contributed by atoms with van der Waals surface area (Å²) in [6, 6.07) is 7.53. The minimum atomic E-state index is -3.36. The summed E-state index contributed by atoms with van der Waals surface area (Å²) in [6.07, 6.45) is 0.826. The fraction of sp³-hybridized carbons (Fsp3) is 0.588. The van der Waals surface area contributed by atoms with Crippen LogP contribution in [0.5, 0.6) is 5.75 Å². The highest BCUT2D eigenvalue weighted by Gasteiger charge is 2.27. The standard InChI is InChI=1S/C17H26N2O5S/c1-14-13-19(10-11-24-14)25(21,22)12-9-18-17(20)8-5-15-3-6-16(23-2)7-4-15/h3-4,6-7,14H,5,8-13H2,1-2H3,(H,18,20). The number of aryl methyl sites for hydroxylation is 1.